The second kappa shape index (κ2) is 8.93. The van der Waals surface area contributed by atoms with E-state index in [1.807, 2.05) is 12.1 Å². The average molecular weight is 425 g/mol. The van der Waals surface area contributed by atoms with Crippen molar-refractivity contribution in [1.29, 1.82) is 0 Å². The Hall–Kier alpha value is -2.10. The molecule has 0 bridgehead atoms. The maximum Gasteiger partial charge on any atom is 0.252 e. The molecule has 1 aliphatic heterocycles. The molecule has 9 heteroatoms. The molecule has 152 valence electrons. The van der Waals surface area contributed by atoms with Crippen LogP contribution in [0.25, 0.3) is 0 Å². The van der Waals surface area contributed by atoms with Gasteiger partial charge in [0.25, 0.3) is 10.0 Å². The Morgan fingerprint density at radius 1 is 1.11 bits per heavy atom. The van der Waals surface area contributed by atoms with Crippen molar-refractivity contribution in [3.63, 3.8) is 0 Å². The molecule has 2 heterocycles. The number of carbonyl (C=O) groups is 1. The fourth-order valence-corrected chi connectivity index (χ4v) is 6.06. The summed E-state index contributed by atoms with van der Waals surface area (Å²) < 4.78 is 37.4. The lowest BCUT2D eigenvalue weighted by Crippen LogP contribution is -2.27. The molecule has 1 N–H and O–H groups in total. The summed E-state index contributed by atoms with van der Waals surface area (Å²) in [4.78, 5) is 13.0. The topological polar surface area (TPSA) is 84.9 Å². The van der Waals surface area contributed by atoms with Gasteiger partial charge < -0.3 is 14.8 Å². The molecular formula is C19H24N2O5S2. The average Bonchev–Trinajstić information content (AvgIpc) is 3.38. The highest BCUT2D eigenvalue weighted by Crippen LogP contribution is 2.27. The summed E-state index contributed by atoms with van der Waals surface area (Å²) in [5.74, 6) is 1.13. The van der Waals surface area contributed by atoms with Gasteiger partial charge in [0, 0.05) is 30.6 Å². The van der Waals surface area contributed by atoms with Crippen LogP contribution in [-0.2, 0) is 27.8 Å². The zero-order valence-corrected chi connectivity index (χ0v) is 17.6. The minimum atomic E-state index is -3.43. The van der Waals surface area contributed by atoms with Gasteiger partial charge in [-0.2, -0.15) is 4.31 Å². The van der Waals surface area contributed by atoms with Crippen LogP contribution in [-0.4, -0.2) is 45.9 Å². The Bertz CT molecular complexity index is 911. The van der Waals surface area contributed by atoms with Crippen LogP contribution in [0.3, 0.4) is 0 Å². The molecule has 0 saturated carbocycles. The molecule has 0 unspecified atom stereocenters. The highest BCUT2D eigenvalue weighted by molar-refractivity contribution is 7.91. The molecule has 1 fully saturated rings. The molecule has 1 amide bonds. The Kier molecular flexibility index (Phi) is 6.58. The van der Waals surface area contributed by atoms with Crippen molar-refractivity contribution >= 4 is 27.3 Å². The van der Waals surface area contributed by atoms with E-state index < -0.39 is 10.0 Å². The van der Waals surface area contributed by atoms with Gasteiger partial charge in [0.1, 0.15) is 15.7 Å². The monoisotopic (exact) mass is 424 g/mol. The Morgan fingerprint density at radius 3 is 2.36 bits per heavy atom. The van der Waals surface area contributed by atoms with Gasteiger partial charge in [0.15, 0.2) is 0 Å². The van der Waals surface area contributed by atoms with Crippen molar-refractivity contribution in [3.05, 3.63) is 40.8 Å². The van der Waals surface area contributed by atoms with E-state index in [1.165, 1.54) is 4.31 Å². The zero-order chi connectivity index (χ0) is 20.1. The van der Waals surface area contributed by atoms with Crippen LogP contribution < -0.4 is 14.8 Å². The van der Waals surface area contributed by atoms with Crippen LogP contribution in [0.2, 0.25) is 0 Å². The summed E-state index contributed by atoms with van der Waals surface area (Å²) in [5.41, 5.74) is 0.855. The van der Waals surface area contributed by atoms with E-state index in [0.717, 1.165) is 34.6 Å². The summed E-state index contributed by atoms with van der Waals surface area (Å²) in [6.45, 7) is 1.47. The van der Waals surface area contributed by atoms with Gasteiger partial charge in [-0.1, -0.05) is 0 Å². The quantitative estimate of drug-likeness (QED) is 0.703. The highest BCUT2D eigenvalue weighted by atomic mass is 32.2. The van der Waals surface area contributed by atoms with Gasteiger partial charge >= 0.3 is 0 Å². The maximum atomic E-state index is 12.6. The maximum absolute atomic E-state index is 12.6. The van der Waals surface area contributed by atoms with Gasteiger partial charge in [-0.3, -0.25) is 4.79 Å². The summed E-state index contributed by atoms with van der Waals surface area (Å²) in [5, 5.41) is 2.85. The van der Waals surface area contributed by atoms with Crippen LogP contribution in [0.5, 0.6) is 11.5 Å². The molecule has 0 spiro atoms. The number of benzene rings is 1. The van der Waals surface area contributed by atoms with Crippen LogP contribution in [0.15, 0.2) is 34.5 Å². The van der Waals surface area contributed by atoms with E-state index in [4.69, 9.17) is 9.47 Å². The van der Waals surface area contributed by atoms with E-state index in [9.17, 15) is 13.2 Å². The fraction of sp³-hybridized carbons (Fsp3) is 0.421. The normalized spacial score (nSPS) is 14.8. The number of sulfonamides is 1. The lowest BCUT2D eigenvalue weighted by atomic mass is 10.2. The molecule has 3 rings (SSSR count). The van der Waals surface area contributed by atoms with Gasteiger partial charge in [0.05, 0.1) is 20.6 Å². The number of hydrogen-bond donors (Lipinski definition) is 1. The lowest BCUT2D eigenvalue weighted by molar-refractivity contribution is -0.120. The number of ether oxygens (including phenoxy) is 2. The number of nitrogens with zero attached hydrogens (tertiary/aromatic N) is 1. The molecule has 28 heavy (non-hydrogen) atoms. The second-order valence-electron chi connectivity index (χ2n) is 6.51. The summed E-state index contributed by atoms with van der Waals surface area (Å²) in [6.07, 6.45) is 1.94. The van der Waals surface area contributed by atoms with Crippen LogP contribution in [0, 0.1) is 0 Å². The molecule has 0 atom stereocenters. The molecule has 1 aromatic carbocycles. The van der Waals surface area contributed by atoms with Crippen molar-refractivity contribution in [2.45, 2.75) is 30.0 Å². The van der Waals surface area contributed by atoms with Crippen molar-refractivity contribution in [2.75, 3.05) is 27.3 Å². The minimum Gasteiger partial charge on any atom is -0.497 e. The van der Waals surface area contributed by atoms with Gasteiger partial charge in [-0.25, -0.2) is 8.42 Å². The smallest absolute Gasteiger partial charge is 0.252 e. The van der Waals surface area contributed by atoms with Crippen molar-refractivity contribution < 1.29 is 22.7 Å². The molecule has 7 nitrogen and oxygen atoms in total. The van der Waals surface area contributed by atoms with Crippen LogP contribution >= 0.6 is 11.3 Å². The fourth-order valence-electron chi connectivity index (χ4n) is 3.04. The summed E-state index contributed by atoms with van der Waals surface area (Å²) >= 11 is 1.16. The standard InChI is InChI=1S/C19H24N2O5S2/c1-25-15-9-14(10-16(11-15)26-2)13-20-18(22)12-17-5-6-19(27-17)28(23,24)21-7-3-4-8-21/h5-6,9-11H,3-4,7-8,12-13H2,1-2H3,(H,20,22). The van der Waals surface area contributed by atoms with Crippen molar-refractivity contribution in [3.8, 4) is 11.5 Å². The third-order valence-electron chi connectivity index (χ3n) is 4.53. The Morgan fingerprint density at radius 2 is 1.75 bits per heavy atom. The predicted octanol–water partition coefficient (Wildman–Crippen LogP) is 2.41. The first-order valence-corrected chi connectivity index (χ1v) is 11.3. The SMILES string of the molecule is COc1cc(CNC(=O)Cc2ccc(S(=O)(=O)N3CCCC3)s2)cc(OC)c1. The van der Waals surface area contributed by atoms with E-state index >= 15 is 0 Å². The van der Waals surface area contributed by atoms with E-state index in [2.05, 4.69) is 5.32 Å². The largest absolute Gasteiger partial charge is 0.497 e. The predicted molar refractivity (Wildman–Crippen MR) is 107 cm³/mol. The molecule has 0 aliphatic carbocycles. The van der Waals surface area contributed by atoms with Crippen molar-refractivity contribution in [1.82, 2.24) is 9.62 Å². The first-order valence-electron chi connectivity index (χ1n) is 9.00. The summed E-state index contributed by atoms with van der Waals surface area (Å²) in [6, 6.07) is 8.72. The molecule has 2 aromatic rings. The Labute approximate surface area is 169 Å². The van der Waals surface area contributed by atoms with E-state index in [-0.39, 0.29) is 12.3 Å². The molecular weight excluding hydrogens is 400 g/mol. The van der Waals surface area contributed by atoms with E-state index in [0.29, 0.717) is 35.3 Å². The molecule has 1 aromatic heterocycles. The summed E-state index contributed by atoms with van der Waals surface area (Å²) in [7, 11) is -0.290. The third-order valence-corrected chi connectivity index (χ3v) is 7.98. The number of thiophene rings is 1. The van der Waals surface area contributed by atoms with Crippen LogP contribution in [0.1, 0.15) is 23.3 Å². The number of methoxy groups -OCH3 is 2. The van der Waals surface area contributed by atoms with Gasteiger partial charge in [-0.05, 0) is 42.7 Å². The number of nitrogens with one attached hydrogen (secondary N) is 1. The lowest BCUT2D eigenvalue weighted by Gasteiger charge is -2.13. The number of hydrogen-bond acceptors (Lipinski definition) is 6. The second-order valence-corrected chi connectivity index (χ2v) is 9.84. The zero-order valence-electron chi connectivity index (χ0n) is 15.9. The molecule has 0 radical (unpaired) electrons. The minimum absolute atomic E-state index is 0.140. The van der Waals surface area contributed by atoms with E-state index in [1.54, 1.807) is 32.4 Å². The third kappa shape index (κ3) is 4.84. The number of amides is 1. The van der Waals surface area contributed by atoms with Gasteiger partial charge in [-0.15, -0.1) is 11.3 Å². The molecule has 1 saturated heterocycles. The first kappa shape index (κ1) is 20.6. The highest BCUT2D eigenvalue weighted by Gasteiger charge is 2.28. The Balaban J connectivity index is 1.59. The first-order chi connectivity index (χ1) is 13.4. The molecule has 1 aliphatic rings. The van der Waals surface area contributed by atoms with Crippen molar-refractivity contribution in [2.24, 2.45) is 0 Å². The van der Waals surface area contributed by atoms with Gasteiger partial charge in [0.2, 0.25) is 5.91 Å². The van der Waals surface area contributed by atoms with Crippen LogP contribution in [0.4, 0.5) is 0 Å². The number of carbonyl (C=O) groups excluding carboxylic acids is 1. The number of rotatable bonds is 8.